The molecule has 0 radical (unpaired) electrons. The summed E-state index contributed by atoms with van der Waals surface area (Å²) in [6, 6.07) is 19.7. The molecule has 1 aliphatic heterocycles. The number of hydrazone groups is 1. The lowest BCUT2D eigenvalue weighted by atomic mass is 9.96. The fourth-order valence-electron chi connectivity index (χ4n) is 4.75. The van der Waals surface area contributed by atoms with E-state index in [-0.39, 0.29) is 11.8 Å². The summed E-state index contributed by atoms with van der Waals surface area (Å²) in [7, 11) is 1.67. The van der Waals surface area contributed by atoms with E-state index in [2.05, 4.69) is 62.9 Å². The Balaban J connectivity index is 1.76. The number of hydrogen-bond donors (Lipinski definition) is 1. The van der Waals surface area contributed by atoms with Gasteiger partial charge in [-0.05, 0) is 55.2 Å². The molecule has 202 valence electrons. The molecule has 0 saturated carbocycles. The van der Waals surface area contributed by atoms with Gasteiger partial charge in [0.05, 0.1) is 13.2 Å². The van der Waals surface area contributed by atoms with E-state index < -0.39 is 11.5 Å². The summed E-state index contributed by atoms with van der Waals surface area (Å²) >= 11 is 0. The SMILES string of the molecule is CCN(CC)c1ccc(N2N=C(c3ccc(/C=C(/C#N)C(=O)O)o3)CC2c2ccc(C(C)C)cc2)c(OC)c1. The van der Waals surface area contributed by atoms with Gasteiger partial charge in [0.2, 0.25) is 0 Å². The summed E-state index contributed by atoms with van der Waals surface area (Å²) in [4.78, 5) is 13.5. The van der Waals surface area contributed by atoms with E-state index in [1.54, 1.807) is 25.3 Å². The Bertz CT molecular complexity index is 1430. The van der Waals surface area contributed by atoms with E-state index in [0.29, 0.717) is 18.1 Å². The zero-order valence-electron chi connectivity index (χ0n) is 23.0. The molecule has 1 atom stereocenters. The first-order chi connectivity index (χ1) is 18.8. The van der Waals surface area contributed by atoms with Gasteiger partial charge in [0.25, 0.3) is 0 Å². The molecule has 39 heavy (non-hydrogen) atoms. The van der Waals surface area contributed by atoms with E-state index in [0.717, 1.165) is 41.5 Å². The summed E-state index contributed by atoms with van der Waals surface area (Å²) in [5.41, 5.74) is 4.61. The van der Waals surface area contributed by atoms with Gasteiger partial charge >= 0.3 is 5.97 Å². The van der Waals surface area contributed by atoms with Crippen molar-refractivity contribution in [3.05, 3.63) is 82.8 Å². The number of anilines is 2. The minimum absolute atomic E-state index is 0.104. The number of ether oxygens (including phenoxy) is 1. The predicted octanol–water partition coefficient (Wildman–Crippen LogP) is 6.61. The standard InChI is InChI=1S/C31H34N4O4/c1-6-34(7-2)24-12-14-27(30(17-24)38-5)35-28(22-10-8-21(9-11-22)20(3)4)18-26(33-35)29-15-13-25(39-29)16-23(19-32)31(36)37/h8-17,20,28H,6-7,18H2,1-5H3,(H,36,37)/b23-16-. The van der Waals surface area contributed by atoms with Crippen LogP contribution in [0.5, 0.6) is 5.75 Å². The molecule has 1 N–H and O–H groups in total. The molecule has 4 rings (SSSR count). The predicted molar refractivity (Wildman–Crippen MR) is 153 cm³/mol. The number of furan rings is 1. The van der Waals surface area contributed by atoms with Crippen LogP contribution in [0.25, 0.3) is 6.08 Å². The number of carboxylic acids is 1. The van der Waals surface area contributed by atoms with Crippen LogP contribution in [-0.4, -0.2) is 37.0 Å². The van der Waals surface area contributed by atoms with Crippen LogP contribution in [0.4, 0.5) is 11.4 Å². The summed E-state index contributed by atoms with van der Waals surface area (Å²) in [6.07, 6.45) is 1.79. The van der Waals surface area contributed by atoms with E-state index in [4.69, 9.17) is 19.5 Å². The average Bonchev–Trinajstić information content (AvgIpc) is 3.59. The third-order valence-electron chi connectivity index (χ3n) is 6.99. The number of nitriles is 1. The van der Waals surface area contributed by atoms with Crippen molar-refractivity contribution in [3.8, 4) is 11.8 Å². The van der Waals surface area contributed by atoms with Gasteiger partial charge in [0, 0.05) is 37.3 Å². The molecule has 1 aliphatic rings. The van der Waals surface area contributed by atoms with Crippen LogP contribution in [0, 0.1) is 11.3 Å². The summed E-state index contributed by atoms with van der Waals surface area (Å²) in [6.45, 7) is 10.4. The van der Waals surface area contributed by atoms with Crippen molar-refractivity contribution in [2.75, 3.05) is 30.1 Å². The van der Waals surface area contributed by atoms with Gasteiger partial charge in [-0.2, -0.15) is 10.4 Å². The Labute approximate surface area is 229 Å². The largest absolute Gasteiger partial charge is 0.494 e. The zero-order valence-corrected chi connectivity index (χ0v) is 23.0. The van der Waals surface area contributed by atoms with Gasteiger partial charge in [-0.25, -0.2) is 4.79 Å². The fourth-order valence-corrected chi connectivity index (χ4v) is 4.75. The molecule has 2 aromatic carbocycles. The molecule has 3 aromatic rings. The highest BCUT2D eigenvalue weighted by molar-refractivity contribution is 6.02. The van der Waals surface area contributed by atoms with Gasteiger partial charge in [0.15, 0.2) is 5.76 Å². The second kappa shape index (κ2) is 11.9. The highest BCUT2D eigenvalue weighted by Gasteiger charge is 2.33. The lowest BCUT2D eigenvalue weighted by molar-refractivity contribution is -0.132. The molecule has 2 heterocycles. The number of hydrogen-bond acceptors (Lipinski definition) is 7. The van der Waals surface area contributed by atoms with Crippen molar-refractivity contribution in [1.29, 1.82) is 5.26 Å². The number of carbonyl (C=O) groups is 1. The van der Waals surface area contributed by atoms with Gasteiger partial charge in [0.1, 0.15) is 34.6 Å². The smallest absolute Gasteiger partial charge is 0.346 e. The van der Waals surface area contributed by atoms with Crippen molar-refractivity contribution in [2.24, 2.45) is 5.10 Å². The monoisotopic (exact) mass is 526 g/mol. The molecule has 0 amide bonds. The maximum absolute atomic E-state index is 11.3. The van der Waals surface area contributed by atoms with E-state index in [1.165, 1.54) is 11.6 Å². The van der Waals surface area contributed by atoms with Gasteiger partial charge in [-0.3, -0.25) is 5.01 Å². The zero-order chi connectivity index (χ0) is 28.1. The second-order valence-electron chi connectivity index (χ2n) is 9.64. The lowest BCUT2D eigenvalue weighted by Crippen LogP contribution is -2.23. The quantitative estimate of drug-likeness (QED) is 0.234. The number of benzene rings is 2. The Hall–Kier alpha value is -4.51. The summed E-state index contributed by atoms with van der Waals surface area (Å²) in [5, 5.41) is 25.2. The van der Waals surface area contributed by atoms with Crippen LogP contribution in [-0.2, 0) is 4.79 Å². The minimum Gasteiger partial charge on any atom is -0.494 e. The van der Waals surface area contributed by atoms with E-state index in [1.807, 2.05) is 17.1 Å². The molecule has 8 heteroatoms. The first kappa shape index (κ1) is 27.5. The second-order valence-corrected chi connectivity index (χ2v) is 9.64. The maximum atomic E-state index is 11.3. The van der Waals surface area contributed by atoms with Crippen LogP contribution < -0.4 is 14.6 Å². The van der Waals surface area contributed by atoms with Crippen molar-refractivity contribution in [2.45, 2.75) is 46.1 Å². The van der Waals surface area contributed by atoms with Crippen LogP contribution in [0.1, 0.15) is 68.7 Å². The Morgan fingerprint density at radius 2 is 1.92 bits per heavy atom. The molecule has 0 fully saturated rings. The van der Waals surface area contributed by atoms with Crippen molar-refractivity contribution >= 4 is 29.1 Å². The molecular formula is C31H34N4O4. The lowest BCUT2D eigenvalue weighted by Gasteiger charge is -2.28. The number of rotatable bonds is 10. The molecule has 0 spiro atoms. The van der Waals surface area contributed by atoms with Crippen molar-refractivity contribution < 1.29 is 19.1 Å². The molecule has 8 nitrogen and oxygen atoms in total. The third kappa shape index (κ3) is 5.83. The number of aliphatic carboxylic acids is 1. The van der Waals surface area contributed by atoms with Crippen molar-refractivity contribution in [3.63, 3.8) is 0 Å². The third-order valence-corrected chi connectivity index (χ3v) is 6.99. The fraction of sp³-hybridized carbons (Fsp3) is 0.323. The topological polar surface area (TPSA) is 102 Å². The van der Waals surface area contributed by atoms with Crippen LogP contribution in [0.2, 0.25) is 0 Å². The van der Waals surface area contributed by atoms with E-state index in [9.17, 15) is 9.90 Å². The maximum Gasteiger partial charge on any atom is 0.346 e. The number of nitrogens with zero attached hydrogens (tertiary/aromatic N) is 4. The Morgan fingerprint density at radius 3 is 2.51 bits per heavy atom. The Morgan fingerprint density at radius 1 is 1.21 bits per heavy atom. The molecule has 0 saturated heterocycles. The molecule has 1 unspecified atom stereocenters. The van der Waals surface area contributed by atoms with Crippen LogP contribution in [0.15, 0.2) is 69.7 Å². The van der Waals surface area contributed by atoms with E-state index >= 15 is 0 Å². The molecule has 1 aromatic heterocycles. The highest BCUT2D eigenvalue weighted by Crippen LogP contribution is 2.42. The molecule has 0 bridgehead atoms. The number of methoxy groups -OCH3 is 1. The molecular weight excluding hydrogens is 492 g/mol. The highest BCUT2D eigenvalue weighted by atomic mass is 16.5. The van der Waals surface area contributed by atoms with Gasteiger partial charge in [-0.1, -0.05) is 38.1 Å². The van der Waals surface area contributed by atoms with Gasteiger partial charge in [-0.15, -0.1) is 0 Å². The number of carboxylic acid groups (broad SMARTS) is 1. The van der Waals surface area contributed by atoms with Crippen LogP contribution in [0.3, 0.4) is 0 Å². The van der Waals surface area contributed by atoms with Crippen LogP contribution >= 0.6 is 0 Å². The normalized spacial score (nSPS) is 15.3. The van der Waals surface area contributed by atoms with Crippen molar-refractivity contribution in [1.82, 2.24) is 0 Å². The first-order valence-electron chi connectivity index (χ1n) is 13.1. The Kier molecular flexibility index (Phi) is 8.40. The van der Waals surface area contributed by atoms with Gasteiger partial charge < -0.3 is 19.2 Å². The summed E-state index contributed by atoms with van der Waals surface area (Å²) in [5.74, 6) is 0.649. The minimum atomic E-state index is -1.30. The first-order valence-corrected chi connectivity index (χ1v) is 13.1. The molecule has 0 aliphatic carbocycles. The summed E-state index contributed by atoms with van der Waals surface area (Å²) < 4.78 is 11.8. The average molecular weight is 527 g/mol.